The molecule has 0 aromatic heterocycles. The summed E-state index contributed by atoms with van der Waals surface area (Å²) >= 11 is 0. The molecule has 3 amide bonds. The van der Waals surface area contributed by atoms with Crippen LogP contribution < -0.4 is 30.3 Å². The fourth-order valence-electron chi connectivity index (χ4n) is 3.47. The number of aryl methyl sites for hydroxylation is 2. The van der Waals surface area contributed by atoms with Gasteiger partial charge in [-0.1, -0.05) is 23.8 Å². The van der Waals surface area contributed by atoms with E-state index in [0.29, 0.717) is 22.8 Å². The van der Waals surface area contributed by atoms with Gasteiger partial charge >= 0.3 is 11.8 Å². The lowest BCUT2D eigenvalue weighted by atomic mass is 10.1. The molecule has 10 nitrogen and oxygen atoms in total. The quantitative estimate of drug-likeness (QED) is 0.247. The number of ether oxygens (including phenoxy) is 3. The summed E-state index contributed by atoms with van der Waals surface area (Å²) in [6.45, 7) is 4.09. The van der Waals surface area contributed by atoms with Crippen molar-refractivity contribution in [2.24, 2.45) is 5.10 Å². The molecule has 0 saturated carbocycles. The topological polar surface area (TPSA) is 127 Å². The lowest BCUT2D eigenvalue weighted by Crippen LogP contribution is -2.37. The maximum Gasteiger partial charge on any atom is 0.329 e. The number of hydrazone groups is 1. The Morgan fingerprint density at radius 1 is 0.946 bits per heavy atom. The van der Waals surface area contributed by atoms with Crippen molar-refractivity contribution in [1.82, 2.24) is 10.7 Å². The van der Waals surface area contributed by atoms with Crippen LogP contribution in [0, 0.1) is 13.8 Å². The zero-order valence-electron chi connectivity index (χ0n) is 20.4. The van der Waals surface area contributed by atoms with Crippen molar-refractivity contribution in [2.45, 2.75) is 20.4 Å². The molecule has 0 saturated heterocycles. The Morgan fingerprint density at radius 3 is 2.51 bits per heavy atom. The van der Waals surface area contributed by atoms with Gasteiger partial charge in [-0.2, -0.15) is 5.10 Å². The lowest BCUT2D eigenvalue weighted by Gasteiger charge is -2.10. The van der Waals surface area contributed by atoms with Crippen molar-refractivity contribution in [3.63, 3.8) is 0 Å². The van der Waals surface area contributed by atoms with Gasteiger partial charge in [-0.25, -0.2) is 5.43 Å². The Hall–Kier alpha value is -4.86. The molecule has 190 valence electrons. The predicted molar refractivity (Wildman–Crippen MR) is 137 cm³/mol. The number of nitrogens with one attached hydrogen (secondary N) is 3. The molecule has 1 aliphatic rings. The van der Waals surface area contributed by atoms with Crippen LogP contribution in [0.5, 0.6) is 17.2 Å². The van der Waals surface area contributed by atoms with E-state index >= 15 is 0 Å². The van der Waals surface area contributed by atoms with Gasteiger partial charge < -0.3 is 24.8 Å². The minimum Gasteiger partial charge on any atom is -0.484 e. The van der Waals surface area contributed by atoms with E-state index in [9.17, 15) is 14.4 Å². The smallest absolute Gasteiger partial charge is 0.329 e. The first-order valence-corrected chi connectivity index (χ1v) is 11.5. The molecule has 3 aromatic rings. The first-order valence-electron chi connectivity index (χ1n) is 11.5. The second-order valence-corrected chi connectivity index (χ2v) is 8.29. The van der Waals surface area contributed by atoms with Gasteiger partial charge in [0.25, 0.3) is 5.91 Å². The van der Waals surface area contributed by atoms with E-state index in [-0.39, 0.29) is 25.9 Å². The van der Waals surface area contributed by atoms with Crippen molar-refractivity contribution in [2.75, 3.05) is 18.7 Å². The molecule has 0 atom stereocenters. The summed E-state index contributed by atoms with van der Waals surface area (Å²) in [6.07, 6.45) is 1.39. The van der Waals surface area contributed by atoms with Crippen molar-refractivity contribution >= 4 is 29.6 Å². The summed E-state index contributed by atoms with van der Waals surface area (Å²) in [5.74, 6) is -0.250. The first kappa shape index (κ1) is 25.2. The van der Waals surface area contributed by atoms with Gasteiger partial charge in [0.15, 0.2) is 18.1 Å². The zero-order chi connectivity index (χ0) is 26.2. The molecule has 0 bridgehead atoms. The highest BCUT2D eigenvalue weighted by Gasteiger charge is 2.15. The van der Waals surface area contributed by atoms with E-state index in [0.717, 1.165) is 22.4 Å². The Balaban J connectivity index is 1.18. The van der Waals surface area contributed by atoms with E-state index in [4.69, 9.17) is 14.2 Å². The Morgan fingerprint density at radius 2 is 1.73 bits per heavy atom. The number of benzene rings is 3. The van der Waals surface area contributed by atoms with Gasteiger partial charge in [0.1, 0.15) is 5.75 Å². The second-order valence-electron chi connectivity index (χ2n) is 8.29. The number of anilines is 1. The predicted octanol–water partition coefficient (Wildman–Crippen LogP) is 2.82. The SMILES string of the molecule is Cc1ccc(NC(=O)COc2ccc(/C=N\NC(=O)C(=O)NCc3ccc4c(c3)OCO4)cc2)c(C)c1. The highest BCUT2D eigenvalue weighted by Crippen LogP contribution is 2.32. The fraction of sp³-hybridized carbons (Fsp3) is 0.185. The summed E-state index contributed by atoms with van der Waals surface area (Å²) in [6, 6.07) is 17.8. The summed E-state index contributed by atoms with van der Waals surface area (Å²) in [4.78, 5) is 36.2. The molecule has 0 fully saturated rings. The summed E-state index contributed by atoms with van der Waals surface area (Å²) in [7, 11) is 0. The van der Waals surface area contributed by atoms with Crippen molar-refractivity contribution < 1.29 is 28.6 Å². The van der Waals surface area contributed by atoms with Crippen LogP contribution in [0.2, 0.25) is 0 Å². The molecule has 4 rings (SSSR count). The van der Waals surface area contributed by atoms with Gasteiger partial charge in [-0.15, -0.1) is 0 Å². The van der Waals surface area contributed by atoms with Crippen LogP contribution in [-0.2, 0) is 20.9 Å². The van der Waals surface area contributed by atoms with Crippen molar-refractivity contribution in [1.29, 1.82) is 0 Å². The molecular weight excluding hydrogens is 476 g/mol. The van der Waals surface area contributed by atoms with Gasteiger partial charge in [0.05, 0.1) is 6.21 Å². The Kier molecular flexibility index (Phi) is 7.99. The average molecular weight is 503 g/mol. The molecule has 0 aliphatic carbocycles. The molecule has 0 spiro atoms. The third-order valence-electron chi connectivity index (χ3n) is 5.38. The number of carbonyl (C=O) groups is 3. The monoisotopic (exact) mass is 502 g/mol. The number of amides is 3. The second kappa shape index (κ2) is 11.7. The Labute approximate surface area is 213 Å². The number of rotatable bonds is 8. The van der Waals surface area contributed by atoms with Crippen molar-refractivity contribution in [3.05, 3.63) is 82.9 Å². The molecule has 3 N–H and O–H groups in total. The highest BCUT2D eigenvalue weighted by molar-refractivity contribution is 6.35. The van der Waals surface area contributed by atoms with Crippen LogP contribution in [0.4, 0.5) is 5.69 Å². The first-order chi connectivity index (χ1) is 17.9. The molecule has 1 aliphatic heterocycles. The normalized spacial score (nSPS) is 11.7. The van der Waals surface area contributed by atoms with Crippen molar-refractivity contribution in [3.8, 4) is 17.2 Å². The number of nitrogens with zero attached hydrogens (tertiary/aromatic N) is 1. The fourth-order valence-corrected chi connectivity index (χ4v) is 3.47. The van der Waals surface area contributed by atoms with Gasteiger partial charge in [0.2, 0.25) is 6.79 Å². The average Bonchev–Trinajstić information content (AvgIpc) is 3.36. The minimum atomic E-state index is -0.897. The maximum absolute atomic E-state index is 12.2. The third-order valence-corrected chi connectivity index (χ3v) is 5.38. The molecule has 10 heteroatoms. The zero-order valence-corrected chi connectivity index (χ0v) is 20.4. The largest absolute Gasteiger partial charge is 0.484 e. The van der Waals surface area contributed by atoms with Crippen LogP contribution in [0.15, 0.2) is 65.8 Å². The van der Waals surface area contributed by atoms with E-state index < -0.39 is 11.8 Å². The summed E-state index contributed by atoms with van der Waals surface area (Å²) in [5, 5.41) is 9.15. The van der Waals surface area contributed by atoms with Gasteiger partial charge in [-0.05, 0) is 73.0 Å². The van der Waals surface area contributed by atoms with Gasteiger partial charge in [-0.3, -0.25) is 14.4 Å². The van der Waals surface area contributed by atoms with Crippen LogP contribution >= 0.6 is 0 Å². The van der Waals surface area contributed by atoms with Gasteiger partial charge in [0, 0.05) is 12.2 Å². The van der Waals surface area contributed by atoms with Crippen LogP contribution in [0.1, 0.15) is 22.3 Å². The highest BCUT2D eigenvalue weighted by atomic mass is 16.7. The third kappa shape index (κ3) is 7.07. The number of carbonyl (C=O) groups excluding carboxylic acids is 3. The summed E-state index contributed by atoms with van der Waals surface area (Å²) in [5.41, 5.74) is 6.45. The number of fused-ring (bicyclic) bond motifs is 1. The summed E-state index contributed by atoms with van der Waals surface area (Å²) < 4.78 is 16.1. The molecule has 0 unspecified atom stereocenters. The lowest BCUT2D eigenvalue weighted by molar-refractivity contribution is -0.139. The van der Waals surface area contributed by atoms with Crippen LogP contribution in [0.3, 0.4) is 0 Å². The molecule has 1 heterocycles. The number of hydrogen-bond donors (Lipinski definition) is 3. The maximum atomic E-state index is 12.2. The molecule has 37 heavy (non-hydrogen) atoms. The standard InChI is InChI=1S/C27H26N4O6/c1-17-3-9-22(18(2)11-17)30-25(32)15-35-21-7-4-19(5-8-21)14-29-31-27(34)26(33)28-13-20-6-10-23-24(12-20)37-16-36-23/h3-12,14H,13,15-16H2,1-2H3,(H,28,33)(H,30,32)(H,31,34)/b29-14-. The van der Waals surface area contributed by atoms with Crippen LogP contribution in [-0.4, -0.2) is 37.3 Å². The molecule has 0 radical (unpaired) electrons. The minimum absolute atomic E-state index is 0.141. The van der Waals surface area contributed by atoms with E-state index in [2.05, 4.69) is 21.2 Å². The Bertz CT molecular complexity index is 1340. The number of hydrogen-bond acceptors (Lipinski definition) is 7. The van der Waals surface area contributed by atoms with Crippen LogP contribution in [0.25, 0.3) is 0 Å². The van der Waals surface area contributed by atoms with E-state index in [1.54, 1.807) is 42.5 Å². The molecule has 3 aromatic carbocycles. The molecular formula is C27H26N4O6. The van der Waals surface area contributed by atoms with E-state index in [1.807, 2.05) is 32.0 Å². The van der Waals surface area contributed by atoms with E-state index in [1.165, 1.54) is 6.21 Å².